The van der Waals surface area contributed by atoms with Crippen LogP contribution < -0.4 is 4.84 Å². The van der Waals surface area contributed by atoms with Gasteiger partial charge in [-0.3, -0.25) is 14.4 Å². The molecule has 0 spiro atoms. The van der Waals surface area contributed by atoms with Gasteiger partial charge in [0, 0.05) is 23.9 Å². The Bertz CT molecular complexity index is 570. The molecule has 3 rings (SSSR count). The molecule has 1 unspecified atom stereocenters. The zero-order chi connectivity index (χ0) is 15.5. The molecule has 118 valence electrons. The summed E-state index contributed by atoms with van der Waals surface area (Å²) >= 11 is 5.56. The number of hydrogen-bond donors (Lipinski definition) is 1. The third-order valence-corrected chi connectivity index (χ3v) is 5.09. The van der Waals surface area contributed by atoms with Crippen molar-refractivity contribution in [2.75, 3.05) is 0 Å². The molecule has 22 heavy (non-hydrogen) atoms. The normalized spacial score (nSPS) is 19.9. The number of benzene rings is 1. The third kappa shape index (κ3) is 2.98. The minimum Gasteiger partial charge on any atom is -0.322 e. The van der Waals surface area contributed by atoms with Gasteiger partial charge in [0.05, 0.1) is 0 Å². The fraction of sp³-hybridized carbons (Fsp3) is 0.529. The van der Waals surface area contributed by atoms with E-state index >= 15 is 0 Å². The summed E-state index contributed by atoms with van der Waals surface area (Å²) in [5.41, 5.74) is 1.70. The Morgan fingerprint density at radius 1 is 1.27 bits per heavy atom. The fourth-order valence-corrected chi connectivity index (χ4v) is 3.83. The fourth-order valence-electron chi connectivity index (χ4n) is 3.71. The lowest BCUT2D eigenvalue weighted by molar-refractivity contribution is -0.124. The van der Waals surface area contributed by atoms with Gasteiger partial charge in [-0.2, -0.15) is 0 Å². The molecule has 0 saturated heterocycles. The lowest BCUT2D eigenvalue weighted by atomic mass is 9.84. The Kier molecular flexibility index (Phi) is 4.67. The van der Waals surface area contributed by atoms with E-state index in [2.05, 4.69) is 4.84 Å². The number of fused-ring (bicyclic) bond motifs is 1. The SMILES string of the molecule is O=C(NCl)C(CC1CCCCC1)N1Cc2ccccc2C1=O. The van der Waals surface area contributed by atoms with Gasteiger partial charge in [-0.15, -0.1) is 0 Å². The maximum Gasteiger partial charge on any atom is 0.257 e. The molecular formula is C17H21ClN2O2. The highest BCUT2D eigenvalue weighted by Crippen LogP contribution is 2.32. The van der Waals surface area contributed by atoms with Crippen molar-refractivity contribution >= 4 is 23.6 Å². The van der Waals surface area contributed by atoms with Crippen LogP contribution in [0.15, 0.2) is 24.3 Å². The highest BCUT2D eigenvalue weighted by atomic mass is 35.5. The molecule has 2 amide bonds. The van der Waals surface area contributed by atoms with Crippen LogP contribution in [-0.2, 0) is 11.3 Å². The molecular weight excluding hydrogens is 300 g/mol. The van der Waals surface area contributed by atoms with Crippen molar-refractivity contribution in [3.63, 3.8) is 0 Å². The molecule has 0 aromatic heterocycles. The highest BCUT2D eigenvalue weighted by molar-refractivity contribution is 6.22. The molecule has 5 heteroatoms. The molecule has 1 heterocycles. The van der Waals surface area contributed by atoms with Crippen LogP contribution in [0.1, 0.15) is 54.4 Å². The van der Waals surface area contributed by atoms with Crippen molar-refractivity contribution in [1.82, 2.24) is 9.74 Å². The first-order chi connectivity index (χ1) is 10.7. The smallest absolute Gasteiger partial charge is 0.257 e. The molecule has 4 nitrogen and oxygen atoms in total. The van der Waals surface area contributed by atoms with E-state index in [0.717, 1.165) is 18.4 Å². The Hall–Kier alpha value is -1.55. The molecule has 1 atom stereocenters. The molecule has 1 aromatic carbocycles. The summed E-state index contributed by atoms with van der Waals surface area (Å²) in [6.45, 7) is 0.497. The summed E-state index contributed by atoms with van der Waals surface area (Å²) in [7, 11) is 0. The van der Waals surface area contributed by atoms with Gasteiger partial charge < -0.3 is 4.90 Å². The molecule has 1 fully saturated rings. The third-order valence-electron chi connectivity index (χ3n) is 4.90. The van der Waals surface area contributed by atoms with Crippen molar-refractivity contribution in [2.24, 2.45) is 5.92 Å². The Labute approximate surface area is 135 Å². The van der Waals surface area contributed by atoms with Crippen molar-refractivity contribution in [3.8, 4) is 0 Å². The Morgan fingerprint density at radius 2 is 2.00 bits per heavy atom. The van der Waals surface area contributed by atoms with Crippen LogP contribution in [0.3, 0.4) is 0 Å². The molecule has 0 bridgehead atoms. The predicted molar refractivity (Wildman–Crippen MR) is 85.3 cm³/mol. The van der Waals surface area contributed by atoms with Crippen LogP contribution in [0.4, 0.5) is 0 Å². The molecule has 1 aromatic rings. The molecule has 1 aliphatic carbocycles. The topological polar surface area (TPSA) is 49.4 Å². The number of halogens is 1. The van der Waals surface area contributed by atoms with Crippen LogP contribution in [-0.4, -0.2) is 22.8 Å². The van der Waals surface area contributed by atoms with E-state index in [1.165, 1.54) is 19.3 Å². The van der Waals surface area contributed by atoms with Gasteiger partial charge in [-0.05, 0) is 24.0 Å². The van der Waals surface area contributed by atoms with Gasteiger partial charge in [0.2, 0.25) is 0 Å². The van der Waals surface area contributed by atoms with Crippen molar-refractivity contribution in [2.45, 2.75) is 51.1 Å². The number of rotatable bonds is 4. The molecule has 0 radical (unpaired) electrons. The van der Waals surface area contributed by atoms with E-state index in [1.54, 1.807) is 4.90 Å². The van der Waals surface area contributed by atoms with Crippen LogP contribution in [0.25, 0.3) is 0 Å². The maximum atomic E-state index is 12.6. The summed E-state index contributed by atoms with van der Waals surface area (Å²) in [4.78, 5) is 28.7. The molecule has 1 aliphatic heterocycles. The van der Waals surface area contributed by atoms with E-state index in [4.69, 9.17) is 11.8 Å². The first-order valence-corrected chi connectivity index (χ1v) is 8.38. The first-order valence-electron chi connectivity index (χ1n) is 8.00. The van der Waals surface area contributed by atoms with Crippen LogP contribution >= 0.6 is 11.8 Å². The second kappa shape index (κ2) is 6.69. The van der Waals surface area contributed by atoms with Gasteiger partial charge in [0.25, 0.3) is 11.8 Å². The van der Waals surface area contributed by atoms with Gasteiger partial charge >= 0.3 is 0 Å². The monoisotopic (exact) mass is 320 g/mol. The molecule has 1 saturated carbocycles. The molecule has 1 N–H and O–H groups in total. The maximum absolute atomic E-state index is 12.6. The zero-order valence-corrected chi connectivity index (χ0v) is 13.3. The number of nitrogens with zero attached hydrogens (tertiary/aromatic N) is 1. The van der Waals surface area contributed by atoms with Crippen molar-refractivity contribution in [3.05, 3.63) is 35.4 Å². The largest absolute Gasteiger partial charge is 0.322 e. The van der Waals surface area contributed by atoms with Gasteiger partial charge in [-0.25, -0.2) is 0 Å². The number of carbonyl (C=O) groups is 2. The summed E-state index contributed by atoms with van der Waals surface area (Å²) in [6.07, 6.45) is 6.69. The lowest BCUT2D eigenvalue weighted by Gasteiger charge is -2.31. The average molecular weight is 321 g/mol. The molecule has 2 aliphatic rings. The summed E-state index contributed by atoms with van der Waals surface area (Å²) in [6, 6.07) is 7.09. The van der Waals surface area contributed by atoms with Crippen LogP contribution in [0.5, 0.6) is 0 Å². The quantitative estimate of drug-likeness (QED) is 0.866. The van der Waals surface area contributed by atoms with E-state index < -0.39 is 6.04 Å². The minimum absolute atomic E-state index is 0.0586. The number of hydrogen-bond acceptors (Lipinski definition) is 2. The zero-order valence-electron chi connectivity index (χ0n) is 12.6. The van der Waals surface area contributed by atoms with Crippen LogP contribution in [0.2, 0.25) is 0 Å². The van der Waals surface area contributed by atoms with E-state index in [9.17, 15) is 9.59 Å². The van der Waals surface area contributed by atoms with Gasteiger partial charge in [0.15, 0.2) is 0 Å². The summed E-state index contributed by atoms with van der Waals surface area (Å²) < 4.78 is 0. The van der Waals surface area contributed by atoms with E-state index in [1.807, 2.05) is 24.3 Å². The Balaban J connectivity index is 1.78. The lowest BCUT2D eigenvalue weighted by Crippen LogP contribution is -2.46. The van der Waals surface area contributed by atoms with E-state index in [0.29, 0.717) is 24.4 Å². The first kappa shape index (κ1) is 15.3. The summed E-state index contributed by atoms with van der Waals surface area (Å²) in [5, 5.41) is 0. The Morgan fingerprint density at radius 3 is 2.68 bits per heavy atom. The second-order valence-electron chi connectivity index (χ2n) is 6.30. The highest BCUT2D eigenvalue weighted by Gasteiger charge is 2.37. The number of nitrogens with one attached hydrogen (secondary N) is 1. The predicted octanol–water partition coefficient (Wildman–Crippen LogP) is 3.25. The minimum atomic E-state index is -0.472. The van der Waals surface area contributed by atoms with Gasteiger partial charge in [0.1, 0.15) is 6.04 Å². The van der Waals surface area contributed by atoms with Gasteiger partial charge in [-0.1, -0.05) is 50.3 Å². The van der Waals surface area contributed by atoms with Crippen molar-refractivity contribution < 1.29 is 9.59 Å². The number of carbonyl (C=O) groups excluding carboxylic acids is 2. The average Bonchev–Trinajstić information content (AvgIpc) is 2.90. The summed E-state index contributed by atoms with van der Waals surface area (Å²) in [5.74, 6) is 0.175. The standard InChI is InChI=1S/C17H21ClN2O2/c18-19-16(21)15(10-12-6-2-1-3-7-12)20-11-13-8-4-5-9-14(13)17(20)22/h4-5,8-9,12,15H,1-3,6-7,10-11H2,(H,19,21). The number of amides is 2. The van der Waals surface area contributed by atoms with Crippen LogP contribution in [0, 0.1) is 5.92 Å². The second-order valence-corrected chi connectivity index (χ2v) is 6.49. The van der Waals surface area contributed by atoms with Crippen molar-refractivity contribution in [1.29, 1.82) is 0 Å². The van der Waals surface area contributed by atoms with E-state index in [-0.39, 0.29) is 11.8 Å².